The Morgan fingerprint density at radius 2 is 2.12 bits per heavy atom. The number of carbonyl (C=O) groups is 3. The van der Waals surface area contributed by atoms with Crippen molar-refractivity contribution in [1.29, 1.82) is 0 Å². The van der Waals surface area contributed by atoms with E-state index in [0.29, 0.717) is 10.7 Å². The number of benzene rings is 1. The highest BCUT2D eigenvalue weighted by molar-refractivity contribution is 8.26. The topological polar surface area (TPSA) is 95.9 Å². The third kappa shape index (κ3) is 5.04. The molecule has 7 nitrogen and oxygen atoms in total. The summed E-state index contributed by atoms with van der Waals surface area (Å²) in [6, 6.07) is 7.24. The lowest BCUT2D eigenvalue weighted by Crippen LogP contribution is -2.40. The number of para-hydroxylation sites is 1. The predicted octanol–water partition coefficient (Wildman–Crippen LogP) is 1.49. The second kappa shape index (κ2) is 8.63. The number of hydrogen-bond acceptors (Lipinski definition) is 6. The molecule has 2 N–H and O–H groups in total. The molecule has 0 aromatic heterocycles. The molecule has 25 heavy (non-hydrogen) atoms. The number of thioether (sulfide) groups is 1. The van der Waals surface area contributed by atoms with Crippen LogP contribution in [0.15, 0.2) is 29.2 Å². The van der Waals surface area contributed by atoms with Crippen LogP contribution in [-0.4, -0.2) is 52.3 Å². The van der Waals surface area contributed by atoms with E-state index in [1.165, 1.54) is 4.90 Å². The highest BCUT2D eigenvalue weighted by Crippen LogP contribution is 2.33. The first kappa shape index (κ1) is 18.9. The van der Waals surface area contributed by atoms with Crippen molar-refractivity contribution in [3.63, 3.8) is 0 Å². The monoisotopic (exact) mass is 380 g/mol. The molecule has 132 valence electrons. The predicted molar refractivity (Wildman–Crippen MR) is 98.1 cm³/mol. The number of carboxylic acid groups (broad SMARTS) is 1. The molecule has 9 heteroatoms. The number of hydrogen-bond donors (Lipinski definition) is 2. The molecule has 1 aromatic rings. The average molecular weight is 380 g/mol. The van der Waals surface area contributed by atoms with Gasteiger partial charge in [0, 0.05) is 12.1 Å². The SMILES string of the molecule is COc1ccccc1/C=C1\SC(=S)N(CC(=O)NCCC(=O)O)C1=O. The third-order valence-corrected chi connectivity index (χ3v) is 4.64. The molecule has 0 saturated carbocycles. The summed E-state index contributed by atoms with van der Waals surface area (Å²) in [6.45, 7) is -0.242. The van der Waals surface area contributed by atoms with Gasteiger partial charge in [-0.2, -0.15) is 0 Å². The summed E-state index contributed by atoms with van der Waals surface area (Å²) < 4.78 is 5.53. The summed E-state index contributed by atoms with van der Waals surface area (Å²) in [5.41, 5.74) is 0.733. The van der Waals surface area contributed by atoms with Crippen LogP contribution in [0.4, 0.5) is 0 Å². The van der Waals surface area contributed by atoms with Crippen LogP contribution in [0.25, 0.3) is 6.08 Å². The smallest absolute Gasteiger partial charge is 0.305 e. The Morgan fingerprint density at radius 3 is 2.80 bits per heavy atom. The van der Waals surface area contributed by atoms with Gasteiger partial charge in [-0.25, -0.2) is 0 Å². The molecule has 0 unspecified atom stereocenters. The van der Waals surface area contributed by atoms with Gasteiger partial charge in [0.25, 0.3) is 5.91 Å². The first-order valence-corrected chi connectivity index (χ1v) is 8.51. The van der Waals surface area contributed by atoms with Crippen molar-refractivity contribution >= 4 is 52.2 Å². The van der Waals surface area contributed by atoms with Gasteiger partial charge in [-0.05, 0) is 12.1 Å². The molecule has 1 fully saturated rings. The number of carboxylic acids is 1. The van der Waals surface area contributed by atoms with Crippen molar-refractivity contribution in [3.8, 4) is 5.75 Å². The van der Waals surface area contributed by atoms with E-state index in [0.717, 1.165) is 17.3 Å². The lowest BCUT2D eigenvalue weighted by Gasteiger charge is -2.13. The highest BCUT2D eigenvalue weighted by atomic mass is 32.2. The Labute approximate surface area is 154 Å². The maximum Gasteiger partial charge on any atom is 0.305 e. The van der Waals surface area contributed by atoms with Crippen LogP contribution in [-0.2, 0) is 14.4 Å². The zero-order valence-corrected chi connectivity index (χ0v) is 15.0. The number of ether oxygens (including phenoxy) is 1. The van der Waals surface area contributed by atoms with Crippen LogP contribution in [0.5, 0.6) is 5.75 Å². The van der Waals surface area contributed by atoms with Crippen molar-refractivity contribution < 1.29 is 24.2 Å². The fourth-order valence-corrected chi connectivity index (χ4v) is 3.32. The Balaban J connectivity index is 2.05. The average Bonchev–Trinajstić information content (AvgIpc) is 2.82. The number of aliphatic carboxylic acids is 1. The Morgan fingerprint density at radius 1 is 1.40 bits per heavy atom. The maximum absolute atomic E-state index is 12.5. The van der Waals surface area contributed by atoms with E-state index in [2.05, 4.69) is 5.32 Å². The van der Waals surface area contributed by atoms with Crippen molar-refractivity contribution in [2.24, 2.45) is 0 Å². The quantitative estimate of drug-likeness (QED) is 0.546. The molecule has 0 radical (unpaired) electrons. The third-order valence-electron chi connectivity index (χ3n) is 3.26. The zero-order chi connectivity index (χ0) is 18.4. The van der Waals surface area contributed by atoms with E-state index in [9.17, 15) is 14.4 Å². The van der Waals surface area contributed by atoms with Gasteiger partial charge in [0.15, 0.2) is 0 Å². The van der Waals surface area contributed by atoms with Gasteiger partial charge in [0.1, 0.15) is 16.6 Å². The van der Waals surface area contributed by atoms with Gasteiger partial charge in [0.05, 0.1) is 18.4 Å². The summed E-state index contributed by atoms with van der Waals surface area (Å²) in [4.78, 5) is 36.3. The Kier molecular flexibility index (Phi) is 6.54. The lowest BCUT2D eigenvalue weighted by atomic mass is 10.2. The second-order valence-corrected chi connectivity index (χ2v) is 6.68. The van der Waals surface area contributed by atoms with Gasteiger partial charge >= 0.3 is 5.97 Å². The number of nitrogens with zero attached hydrogens (tertiary/aromatic N) is 1. The van der Waals surface area contributed by atoms with Crippen LogP contribution in [0.1, 0.15) is 12.0 Å². The molecule has 1 heterocycles. The van der Waals surface area contributed by atoms with Crippen molar-refractivity contribution in [2.75, 3.05) is 20.2 Å². The number of carbonyl (C=O) groups excluding carboxylic acids is 2. The molecular weight excluding hydrogens is 364 g/mol. The lowest BCUT2D eigenvalue weighted by molar-refractivity contribution is -0.137. The fraction of sp³-hybridized carbons (Fsp3) is 0.250. The molecule has 2 amide bonds. The normalized spacial score (nSPS) is 15.6. The van der Waals surface area contributed by atoms with E-state index in [4.69, 9.17) is 22.1 Å². The summed E-state index contributed by atoms with van der Waals surface area (Å²) in [5, 5.41) is 11.0. The van der Waals surface area contributed by atoms with Gasteiger partial charge < -0.3 is 15.2 Å². The molecule has 0 atom stereocenters. The summed E-state index contributed by atoms with van der Waals surface area (Å²) >= 11 is 6.27. The number of amides is 2. The number of nitrogens with one attached hydrogen (secondary N) is 1. The number of methoxy groups -OCH3 is 1. The molecule has 1 saturated heterocycles. The van der Waals surface area contributed by atoms with E-state index in [1.54, 1.807) is 19.3 Å². The van der Waals surface area contributed by atoms with Crippen LogP contribution in [0.2, 0.25) is 0 Å². The molecule has 0 aliphatic carbocycles. The van der Waals surface area contributed by atoms with Gasteiger partial charge in [0.2, 0.25) is 5.91 Å². The molecule has 1 aliphatic heterocycles. The van der Waals surface area contributed by atoms with Crippen molar-refractivity contribution in [1.82, 2.24) is 10.2 Å². The summed E-state index contributed by atoms with van der Waals surface area (Å²) in [6.07, 6.45) is 1.48. The minimum absolute atomic E-state index is 0.0000124. The van der Waals surface area contributed by atoms with E-state index < -0.39 is 11.9 Å². The van der Waals surface area contributed by atoms with Gasteiger partial charge in [-0.1, -0.05) is 42.2 Å². The largest absolute Gasteiger partial charge is 0.496 e. The molecule has 1 aliphatic rings. The van der Waals surface area contributed by atoms with E-state index in [1.807, 2.05) is 18.2 Å². The van der Waals surface area contributed by atoms with E-state index in [-0.39, 0.29) is 29.7 Å². The molecule has 0 bridgehead atoms. The van der Waals surface area contributed by atoms with Crippen molar-refractivity contribution in [3.05, 3.63) is 34.7 Å². The summed E-state index contributed by atoms with van der Waals surface area (Å²) in [5.74, 6) is -1.21. The molecule has 1 aromatic carbocycles. The fourth-order valence-electron chi connectivity index (χ4n) is 2.07. The zero-order valence-electron chi connectivity index (χ0n) is 13.4. The van der Waals surface area contributed by atoms with E-state index >= 15 is 0 Å². The molecular formula is C16H16N2O5S2. The standard InChI is InChI=1S/C16H16N2O5S2/c1-23-11-5-3-2-4-10(11)8-12-15(22)18(16(24)25-12)9-13(19)17-7-6-14(20)21/h2-5,8H,6-7,9H2,1H3,(H,17,19)(H,20,21)/b12-8-. The van der Waals surface area contributed by atoms with Gasteiger partial charge in [-0.15, -0.1) is 0 Å². The van der Waals surface area contributed by atoms with Crippen molar-refractivity contribution in [2.45, 2.75) is 6.42 Å². The second-order valence-electron chi connectivity index (χ2n) is 5.00. The highest BCUT2D eigenvalue weighted by Gasteiger charge is 2.33. The minimum Gasteiger partial charge on any atom is -0.496 e. The van der Waals surface area contributed by atoms with Crippen LogP contribution < -0.4 is 10.1 Å². The summed E-state index contributed by atoms with van der Waals surface area (Å²) in [7, 11) is 1.54. The Bertz CT molecular complexity index is 748. The van der Waals surface area contributed by atoms with Crippen LogP contribution in [0, 0.1) is 0 Å². The van der Waals surface area contributed by atoms with Gasteiger partial charge in [-0.3, -0.25) is 19.3 Å². The number of thiocarbonyl (C=S) groups is 1. The number of rotatable bonds is 7. The maximum atomic E-state index is 12.5. The van der Waals surface area contributed by atoms with Crippen LogP contribution in [0.3, 0.4) is 0 Å². The first-order chi connectivity index (χ1) is 11.9. The molecule has 2 rings (SSSR count). The first-order valence-electron chi connectivity index (χ1n) is 7.29. The minimum atomic E-state index is -1.01. The Hall–Kier alpha value is -2.39. The van der Waals surface area contributed by atoms with Crippen LogP contribution >= 0.6 is 24.0 Å². The molecule has 0 spiro atoms.